The Kier molecular flexibility index (Phi) is 6.23. The molecule has 3 N–H and O–H groups in total. The third-order valence-corrected chi connectivity index (χ3v) is 5.70. The van der Waals surface area contributed by atoms with Gasteiger partial charge in [-0.3, -0.25) is 10.6 Å². The second-order valence-electron chi connectivity index (χ2n) is 7.16. The van der Waals surface area contributed by atoms with E-state index >= 15 is 0 Å². The van der Waals surface area contributed by atoms with E-state index in [9.17, 15) is 4.79 Å². The Balaban J connectivity index is 1.52. The molecule has 0 saturated heterocycles. The van der Waals surface area contributed by atoms with Crippen molar-refractivity contribution in [3.63, 3.8) is 0 Å². The maximum atomic E-state index is 13.0. The van der Waals surface area contributed by atoms with Crippen molar-refractivity contribution in [1.29, 1.82) is 0 Å². The van der Waals surface area contributed by atoms with E-state index in [1.54, 1.807) is 31.4 Å². The summed E-state index contributed by atoms with van der Waals surface area (Å²) in [6.45, 7) is 1.14. The molecule has 0 fully saturated rings. The van der Waals surface area contributed by atoms with E-state index in [-0.39, 0.29) is 5.91 Å². The van der Waals surface area contributed by atoms with Crippen molar-refractivity contribution in [3.8, 4) is 17.2 Å². The van der Waals surface area contributed by atoms with Crippen LogP contribution in [0.5, 0.6) is 17.2 Å². The fourth-order valence-corrected chi connectivity index (χ4v) is 4.14. The summed E-state index contributed by atoms with van der Waals surface area (Å²) in [6.07, 6.45) is 0.722. The van der Waals surface area contributed by atoms with Crippen LogP contribution in [0.1, 0.15) is 21.5 Å². The molecule has 4 rings (SSSR count). The van der Waals surface area contributed by atoms with Gasteiger partial charge in [-0.15, -0.1) is 0 Å². The summed E-state index contributed by atoms with van der Waals surface area (Å²) in [7, 11) is 1.63. The number of hydrogen-bond acceptors (Lipinski definition) is 5. The van der Waals surface area contributed by atoms with Gasteiger partial charge in [0.15, 0.2) is 5.75 Å². The van der Waals surface area contributed by atoms with Crippen LogP contribution in [-0.4, -0.2) is 24.5 Å². The van der Waals surface area contributed by atoms with E-state index in [0.717, 1.165) is 23.3 Å². The highest BCUT2D eigenvalue weighted by Crippen LogP contribution is 2.39. The van der Waals surface area contributed by atoms with Crippen LogP contribution >= 0.6 is 23.2 Å². The van der Waals surface area contributed by atoms with Crippen LogP contribution in [0.25, 0.3) is 0 Å². The second-order valence-corrected chi connectivity index (χ2v) is 7.98. The number of carbonyl (C=O) groups excluding carboxylic acids is 1. The quantitative estimate of drug-likeness (QED) is 0.388. The maximum absolute atomic E-state index is 13.0. The molecule has 0 radical (unpaired) electrons. The Bertz CT molecular complexity index is 1110. The molecule has 6 nitrogen and oxygen atoms in total. The number of nitrogen functional groups attached to an aromatic ring is 1. The molecule has 0 bridgehead atoms. The first kappa shape index (κ1) is 21.3. The molecular formula is C23H21Cl2N3O3. The van der Waals surface area contributed by atoms with Gasteiger partial charge in [0.1, 0.15) is 11.5 Å². The molecule has 3 aromatic rings. The van der Waals surface area contributed by atoms with Crippen molar-refractivity contribution in [2.45, 2.75) is 13.0 Å². The molecule has 1 aliphatic heterocycles. The summed E-state index contributed by atoms with van der Waals surface area (Å²) in [5.41, 5.74) is 5.70. The molecule has 0 spiro atoms. The Labute approximate surface area is 190 Å². The lowest BCUT2D eigenvalue weighted by molar-refractivity contribution is 0.0727. The fraction of sp³-hybridized carbons (Fsp3) is 0.174. The van der Waals surface area contributed by atoms with E-state index in [0.29, 0.717) is 45.9 Å². The van der Waals surface area contributed by atoms with E-state index in [1.165, 1.54) is 0 Å². The minimum Gasteiger partial charge on any atom is -0.497 e. The number of nitrogens with one attached hydrogen (secondary N) is 1. The number of carbonyl (C=O) groups is 1. The number of amides is 1. The molecule has 0 saturated carbocycles. The van der Waals surface area contributed by atoms with Crippen molar-refractivity contribution >= 4 is 34.8 Å². The normalized spacial score (nSPS) is 13.0. The number of benzene rings is 3. The van der Waals surface area contributed by atoms with Crippen molar-refractivity contribution in [3.05, 3.63) is 81.3 Å². The summed E-state index contributed by atoms with van der Waals surface area (Å²) in [5, 5.41) is 0.664. The van der Waals surface area contributed by atoms with Crippen molar-refractivity contribution in [1.82, 2.24) is 4.90 Å². The van der Waals surface area contributed by atoms with E-state index in [4.69, 9.17) is 38.5 Å². The predicted molar refractivity (Wildman–Crippen MR) is 122 cm³/mol. The summed E-state index contributed by atoms with van der Waals surface area (Å²) >= 11 is 12.5. The van der Waals surface area contributed by atoms with Crippen LogP contribution in [-0.2, 0) is 13.0 Å². The van der Waals surface area contributed by atoms with Crippen LogP contribution in [0.4, 0.5) is 5.69 Å². The molecule has 0 aromatic heterocycles. The first-order valence-electron chi connectivity index (χ1n) is 9.67. The molecule has 1 aliphatic rings. The van der Waals surface area contributed by atoms with Crippen LogP contribution in [0.3, 0.4) is 0 Å². The largest absolute Gasteiger partial charge is 0.497 e. The average molecular weight is 458 g/mol. The first-order chi connectivity index (χ1) is 15.0. The van der Waals surface area contributed by atoms with Gasteiger partial charge in [0, 0.05) is 18.7 Å². The monoisotopic (exact) mass is 457 g/mol. The Morgan fingerprint density at radius 3 is 2.55 bits per heavy atom. The number of hydrazine groups is 1. The maximum Gasteiger partial charge on any atom is 0.254 e. The van der Waals surface area contributed by atoms with Crippen molar-refractivity contribution in [2.24, 2.45) is 5.84 Å². The van der Waals surface area contributed by atoms with Gasteiger partial charge in [-0.05, 0) is 60.0 Å². The number of ether oxygens (including phenoxy) is 2. The third-order valence-electron chi connectivity index (χ3n) is 5.14. The van der Waals surface area contributed by atoms with E-state index in [1.807, 2.05) is 35.2 Å². The van der Waals surface area contributed by atoms with Crippen molar-refractivity contribution < 1.29 is 14.3 Å². The van der Waals surface area contributed by atoms with E-state index in [2.05, 4.69) is 5.43 Å². The highest BCUT2D eigenvalue weighted by molar-refractivity contribution is 6.37. The van der Waals surface area contributed by atoms with Crippen LogP contribution in [0.15, 0.2) is 54.6 Å². The average Bonchev–Trinajstić information content (AvgIpc) is 2.78. The van der Waals surface area contributed by atoms with Gasteiger partial charge in [-0.1, -0.05) is 35.3 Å². The van der Waals surface area contributed by atoms with Crippen molar-refractivity contribution in [2.75, 3.05) is 19.1 Å². The Morgan fingerprint density at radius 2 is 1.84 bits per heavy atom. The number of anilines is 1. The Hall–Kier alpha value is -2.93. The zero-order chi connectivity index (χ0) is 22.0. The molecule has 0 aliphatic carbocycles. The van der Waals surface area contributed by atoms with Gasteiger partial charge in [0.25, 0.3) is 5.91 Å². The van der Waals surface area contributed by atoms with Crippen LogP contribution < -0.4 is 20.7 Å². The number of nitrogens with two attached hydrogens (primary N) is 1. The molecule has 8 heteroatoms. The van der Waals surface area contributed by atoms with Crippen LogP contribution in [0.2, 0.25) is 10.0 Å². The standard InChI is InChI=1S/C23H21Cl2N3O3/c1-30-17-4-2-3-14(9-17)13-28-8-7-15-10-18(5-6-19(15)23(28)29)31-22-20(24)11-16(27-26)12-21(22)25/h2-6,9-12,27H,7-8,13,26H2,1H3. The molecule has 31 heavy (non-hydrogen) atoms. The number of halogens is 2. The second kappa shape index (κ2) is 9.06. The van der Waals surface area contributed by atoms with Gasteiger partial charge < -0.3 is 19.8 Å². The number of hydrogen-bond donors (Lipinski definition) is 2. The summed E-state index contributed by atoms with van der Waals surface area (Å²) in [4.78, 5) is 14.9. The first-order valence-corrected chi connectivity index (χ1v) is 10.4. The predicted octanol–water partition coefficient (Wildman–Crippen LogP) is 5.28. The van der Waals surface area contributed by atoms with Gasteiger partial charge in [0.2, 0.25) is 0 Å². The molecular weight excluding hydrogens is 437 g/mol. The summed E-state index contributed by atoms with van der Waals surface area (Å²) < 4.78 is 11.2. The van der Waals surface area contributed by atoms with Crippen LogP contribution in [0, 0.1) is 0 Å². The third kappa shape index (κ3) is 4.56. The number of methoxy groups -OCH3 is 1. The highest BCUT2D eigenvalue weighted by atomic mass is 35.5. The lowest BCUT2D eigenvalue weighted by atomic mass is 9.98. The molecule has 0 atom stereocenters. The zero-order valence-corrected chi connectivity index (χ0v) is 18.3. The minimum atomic E-state index is -0.00921. The summed E-state index contributed by atoms with van der Waals surface area (Å²) in [6, 6.07) is 16.4. The molecule has 160 valence electrons. The number of fused-ring (bicyclic) bond motifs is 1. The SMILES string of the molecule is COc1cccc(CN2CCc3cc(Oc4c(Cl)cc(NN)cc4Cl)ccc3C2=O)c1. The van der Waals surface area contributed by atoms with Gasteiger partial charge in [0.05, 0.1) is 22.8 Å². The minimum absolute atomic E-state index is 0.00921. The van der Waals surface area contributed by atoms with Gasteiger partial charge in [-0.2, -0.15) is 0 Å². The topological polar surface area (TPSA) is 76.8 Å². The lowest BCUT2D eigenvalue weighted by Crippen LogP contribution is -2.37. The smallest absolute Gasteiger partial charge is 0.254 e. The summed E-state index contributed by atoms with van der Waals surface area (Å²) in [5.74, 6) is 7.07. The highest BCUT2D eigenvalue weighted by Gasteiger charge is 2.25. The lowest BCUT2D eigenvalue weighted by Gasteiger charge is -2.29. The zero-order valence-electron chi connectivity index (χ0n) is 16.8. The number of rotatable bonds is 6. The van der Waals surface area contributed by atoms with Gasteiger partial charge >= 0.3 is 0 Å². The molecule has 0 unspecified atom stereocenters. The number of nitrogens with zero attached hydrogens (tertiary/aromatic N) is 1. The fourth-order valence-electron chi connectivity index (χ4n) is 3.58. The molecule has 1 amide bonds. The van der Waals surface area contributed by atoms with E-state index < -0.39 is 0 Å². The molecule has 1 heterocycles. The molecule has 3 aromatic carbocycles. The Morgan fingerprint density at radius 1 is 1.06 bits per heavy atom. The van der Waals surface area contributed by atoms with Gasteiger partial charge in [-0.25, -0.2) is 0 Å².